The Morgan fingerprint density at radius 3 is 2.33 bits per heavy atom. The van der Waals surface area contributed by atoms with Crippen molar-refractivity contribution in [1.29, 1.82) is 0 Å². The third-order valence-corrected chi connectivity index (χ3v) is 7.15. The molecule has 2 aromatic carbocycles. The molecule has 0 bridgehead atoms. The van der Waals surface area contributed by atoms with Crippen molar-refractivity contribution in [3.05, 3.63) is 64.2 Å². The van der Waals surface area contributed by atoms with Crippen LogP contribution >= 0.6 is 0 Å². The molecule has 0 heterocycles. The van der Waals surface area contributed by atoms with E-state index in [1.54, 1.807) is 6.92 Å². The van der Waals surface area contributed by atoms with E-state index in [-0.39, 0.29) is 11.9 Å². The molecule has 162 valence electrons. The van der Waals surface area contributed by atoms with Crippen molar-refractivity contribution in [2.75, 3.05) is 10.6 Å². The first-order valence-corrected chi connectivity index (χ1v) is 12.4. The number of aryl methyl sites for hydroxylation is 4. The number of sulfonamides is 1. The number of amides is 1. The second-order valence-electron chi connectivity index (χ2n) is 8.49. The van der Waals surface area contributed by atoms with Crippen molar-refractivity contribution in [1.82, 2.24) is 5.32 Å². The molecule has 0 saturated carbocycles. The quantitative estimate of drug-likeness (QED) is 0.749. The van der Waals surface area contributed by atoms with Crippen LogP contribution in [0.25, 0.3) is 0 Å². The van der Waals surface area contributed by atoms with Gasteiger partial charge in [-0.05, 0) is 87.3 Å². The van der Waals surface area contributed by atoms with E-state index in [2.05, 4.69) is 23.5 Å². The van der Waals surface area contributed by atoms with Gasteiger partial charge in [-0.15, -0.1) is 0 Å². The number of benzene rings is 2. The third kappa shape index (κ3) is 4.86. The summed E-state index contributed by atoms with van der Waals surface area (Å²) in [6.07, 6.45) is 5.77. The molecule has 0 spiro atoms. The lowest BCUT2D eigenvalue weighted by molar-refractivity contribution is -0.122. The summed E-state index contributed by atoms with van der Waals surface area (Å²) in [5.41, 5.74) is 6.11. The fourth-order valence-electron chi connectivity index (χ4n) is 4.18. The van der Waals surface area contributed by atoms with Crippen molar-refractivity contribution >= 4 is 21.6 Å². The van der Waals surface area contributed by atoms with Crippen molar-refractivity contribution < 1.29 is 13.2 Å². The molecular weight excluding hydrogens is 396 g/mol. The number of nitrogens with one attached hydrogen (secondary N) is 1. The monoisotopic (exact) mass is 428 g/mol. The van der Waals surface area contributed by atoms with Crippen LogP contribution in [0.15, 0.2) is 36.4 Å². The maximum atomic E-state index is 13.1. The van der Waals surface area contributed by atoms with Crippen LogP contribution in [0.1, 0.15) is 60.5 Å². The predicted molar refractivity (Wildman–Crippen MR) is 122 cm³/mol. The molecule has 0 unspecified atom stereocenters. The number of fused-ring (bicyclic) bond motifs is 1. The summed E-state index contributed by atoms with van der Waals surface area (Å²) in [6.45, 7) is 7.34. The van der Waals surface area contributed by atoms with E-state index >= 15 is 0 Å². The fraction of sp³-hybridized carbons (Fsp3) is 0.458. The van der Waals surface area contributed by atoms with E-state index in [0.717, 1.165) is 35.8 Å². The van der Waals surface area contributed by atoms with E-state index in [1.165, 1.54) is 28.3 Å². The molecule has 0 radical (unpaired) electrons. The summed E-state index contributed by atoms with van der Waals surface area (Å²) in [6, 6.07) is 11.0. The first-order valence-electron chi connectivity index (χ1n) is 10.6. The minimum atomic E-state index is -3.64. The smallest absolute Gasteiger partial charge is 0.244 e. The highest BCUT2D eigenvalue weighted by Crippen LogP contribution is 2.28. The number of carbonyl (C=O) groups is 1. The molecule has 1 N–H and O–H groups in total. The van der Waals surface area contributed by atoms with Gasteiger partial charge in [0, 0.05) is 0 Å². The third-order valence-electron chi connectivity index (χ3n) is 5.92. The summed E-state index contributed by atoms with van der Waals surface area (Å²) < 4.78 is 26.4. The zero-order valence-electron chi connectivity index (χ0n) is 18.5. The molecule has 1 aliphatic rings. The molecule has 0 fully saturated rings. The average molecular weight is 429 g/mol. The van der Waals surface area contributed by atoms with Gasteiger partial charge in [-0.1, -0.05) is 30.3 Å². The topological polar surface area (TPSA) is 66.5 Å². The van der Waals surface area contributed by atoms with Crippen LogP contribution in [-0.4, -0.2) is 26.6 Å². The molecule has 2 aromatic rings. The van der Waals surface area contributed by atoms with Gasteiger partial charge >= 0.3 is 0 Å². The number of rotatable bonds is 6. The number of anilines is 1. The lowest BCUT2D eigenvalue weighted by Crippen LogP contribution is -2.48. The van der Waals surface area contributed by atoms with Gasteiger partial charge in [0.1, 0.15) is 6.04 Å². The minimum Gasteiger partial charge on any atom is -0.348 e. The van der Waals surface area contributed by atoms with Crippen molar-refractivity contribution in [2.24, 2.45) is 0 Å². The summed E-state index contributed by atoms with van der Waals surface area (Å²) in [4.78, 5) is 13.1. The van der Waals surface area contributed by atoms with Gasteiger partial charge in [0.15, 0.2) is 0 Å². The van der Waals surface area contributed by atoms with Crippen LogP contribution in [0.2, 0.25) is 0 Å². The van der Waals surface area contributed by atoms with Gasteiger partial charge in [-0.25, -0.2) is 8.42 Å². The maximum Gasteiger partial charge on any atom is 0.244 e. The van der Waals surface area contributed by atoms with Gasteiger partial charge in [0.2, 0.25) is 15.9 Å². The molecule has 0 aromatic heterocycles. The minimum absolute atomic E-state index is 0.202. The van der Waals surface area contributed by atoms with Gasteiger partial charge in [0.25, 0.3) is 0 Å². The molecule has 0 aliphatic heterocycles. The Morgan fingerprint density at radius 1 is 1.00 bits per heavy atom. The van der Waals surface area contributed by atoms with E-state index in [4.69, 9.17) is 0 Å². The normalized spacial score (nSPS) is 15.8. The van der Waals surface area contributed by atoms with Gasteiger partial charge < -0.3 is 5.32 Å². The zero-order chi connectivity index (χ0) is 22.1. The van der Waals surface area contributed by atoms with Crippen LogP contribution in [-0.2, 0) is 27.7 Å². The number of carbonyl (C=O) groups excluding carboxylic acids is 1. The standard InChI is InChI=1S/C24H32N2O3S/c1-16-10-11-17(2)23(14-16)26(30(5,28)29)19(4)24(27)25-18(3)21-13-12-20-8-6-7-9-22(20)15-21/h10-15,18-19H,6-9H2,1-5H3,(H,25,27)/t18-,19+/m0/s1. The highest BCUT2D eigenvalue weighted by Gasteiger charge is 2.31. The van der Waals surface area contributed by atoms with Crippen molar-refractivity contribution in [3.63, 3.8) is 0 Å². The molecular formula is C24H32N2O3S. The van der Waals surface area contributed by atoms with Gasteiger partial charge in [0.05, 0.1) is 18.0 Å². The zero-order valence-corrected chi connectivity index (χ0v) is 19.3. The number of hydrogen-bond acceptors (Lipinski definition) is 3. The first kappa shape index (κ1) is 22.3. The van der Waals surface area contributed by atoms with E-state index in [0.29, 0.717) is 5.69 Å². The maximum absolute atomic E-state index is 13.1. The van der Waals surface area contributed by atoms with Crippen molar-refractivity contribution in [2.45, 2.75) is 65.5 Å². The van der Waals surface area contributed by atoms with E-state index < -0.39 is 16.1 Å². The SMILES string of the molecule is Cc1ccc(C)c(N([C@H](C)C(=O)N[C@@H](C)c2ccc3c(c2)CCCC3)S(C)(=O)=O)c1. The molecule has 5 nitrogen and oxygen atoms in total. The Balaban J connectivity index is 1.83. The number of nitrogens with zero attached hydrogens (tertiary/aromatic N) is 1. The highest BCUT2D eigenvalue weighted by atomic mass is 32.2. The molecule has 1 aliphatic carbocycles. The Hall–Kier alpha value is -2.34. The Kier molecular flexibility index (Phi) is 6.56. The van der Waals surface area contributed by atoms with Gasteiger partial charge in [-0.2, -0.15) is 0 Å². The van der Waals surface area contributed by atoms with Crippen LogP contribution < -0.4 is 9.62 Å². The van der Waals surface area contributed by atoms with Gasteiger partial charge in [-0.3, -0.25) is 9.10 Å². The summed E-state index contributed by atoms with van der Waals surface area (Å²) in [5, 5.41) is 3.01. The van der Waals surface area contributed by atoms with Crippen LogP contribution in [0.3, 0.4) is 0 Å². The molecule has 6 heteroatoms. The number of hydrogen-bond donors (Lipinski definition) is 1. The van der Waals surface area contributed by atoms with E-state index in [1.807, 2.05) is 39.0 Å². The lowest BCUT2D eigenvalue weighted by Gasteiger charge is -2.30. The second-order valence-corrected chi connectivity index (χ2v) is 10.3. The highest BCUT2D eigenvalue weighted by molar-refractivity contribution is 7.92. The Bertz CT molecular complexity index is 1050. The van der Waals surface area contributed by atoms with Crippen molar-refractivity contribution in [3.8, 4) is 0 Å². The lowest BCUT2D eigenvalue weighted by atomic mass is 9.89. The van der Waals surface area contributed by atoms with E-state index in [9.17, 15) is 13.2 Å². The van der Waals surface area contributed by atoms with Crippen LogP contribution in [0, 0.1) is 13.8 Å². The molecule has 3 rings (SSSR count). The predicted octanol–water partition coefficient (Wildman–Crippen LogP) is 4.21. The Labute approximate surface area is 180 Å². The summed E-state index contributed by atoms with van der Waals surface area (Å²) in [7, 11) is -3.64. The van der Waals surface area contributed by atoms with Crippen LogP contribution in [0.5, 0.6) is 0 Å². The Morgan fingerprint density at radius 2 is 1.67 bits per heavy atom. The molecule has 2 atom stereocenters. The first-order chi connectivity index (χ1) is 14.1. The molecule has 30 heavy (non-hydrogen) atoms. The summed E-state index contributed by atoms with van der Waals surface area (Å²) in [5.74, 6) is -0.313. The summed E-state index contributed by atoms with van der Waals surface area (Å²) >= 11 is 0. The second kappa shape index (κ2) is 8.80. The van der Waals surface area contributed by atoms with Crippen LogP contribution in [0.4, 0.5) is 5.69 Å². The fourth-order valence-corrected chi connectivity index (χ4v) is 5.40. The largest absolute Gasteiger partial charge is 0.348 e. The molecule has 1 amide bonds. The average Bonchev–Trinajstić information content (AvgIpc) is 2.69. The molecule has 0 saturated heterocycles.